The van der Waals surface area contributed by atoms with E-state index in [1.165, 1.54) is 0 Å². The van der Waals surface area contributed by atoms with Crippen LogP contribution in [-0.4, -0.2) is 15.1 Å². The van der Waals surface area contributed by atoms with Crippen LogP contribution in [0, 0.1) is 18.3 Å². The minimum atomic E-state index is -0.890. The molecule has 0 saturated heterocycles. The molecule has 1 atom stereocenters. The van der Waals surface area contributed by atoms with Gasteiger partial charge in [0.15, 0.2) is 0 Å². The van der Waals surface area contributed by atoms with Crippen molar-refractivity contribution in [3.63, 3.8) is 0 Å². The molecule has 0 bridgehead atoms. The van der Waals surface area contributed by atoms with Crippen molar-refractivity contribution < 1.29 is 4.43 Å². The highest BCUT2D eigenvalue weighted by atomic mass is 28.3. The number of terminal acetylenes is 1. The van der Waals surface area contributed by atoms with Crippen LogP contribution in [0.15, 0.2) is 12.7 Å². The third kappa shape index (κ3) is 5.53. The minimum Gasteiger partial charge on any atom is -0.412 e. The molecule has 0 amide bonds. The number of allylic oxidation sites excluding steroid dienone is 1. The first-order valence-electron chi connectivity index (χ1n) is 5.90. The van der Waals surface area contributed by atoms with Gasteiger partial charge in [-0.2, -0.15) is 0 Å². The normalized spacial score (nSPS) is 13.9. The molecule has 0 aliphatic rings. The van der Waals surface area contributed by atoms with Crippen LogP contribution in [0.25, 0.3) is 0 Å². The van der Waals surface area contributed by atoms with Crippen LogP contribution >= 0.6 is 0 Å². The van der Waals surface area contributed by atoms with Crippen molar-refractivity contribution in [2.24, 2.45) is 5.92 Å². The van der Waals surface area contributed by atoms with Gasteiger partial charge in [-0.1, -0.05) is 40.7 Å². The van der Waals surface area contributed by atoms with Crippen LogP contribution < -0.4 is 0 Å². The first-order chi connectivity index (χ1) is 7.32. The van der Waals surface area contributed by atoms with Crippen molar-refractivity contribution in [1.29, 1.82) is 0 Å². The average molecular weight is 237 g/mol. The van der Waals surface area contributed by atoms with Crippen LogP contribution in [0.3, 0.4) is 0 Å². The molecule has 0 spiro atoms. The molecular weight excluding hydrogens is 212 g/mol. The quantitative estimate of drug-likeness (QED) is 0.385. The van der Waals surface area contributed by atoms with Crippen LogP contribution in [0.1, 0.15) is 41.0 Å². The van der Waals surface area contributed by atoms with Gasteiger partial charge in [-0.25, -0.2) is 0 Å². The highest BCUT2D eigenvalue weighted by Crippen LogP contribution is 2.32. The van der Waals surface area contributed by atoms with Crippen LogP contribution in [0.2, 0.25) is 11.1 Å². The van der Waals surface area contributed by atoms with Gasteiger partial charge in [0.25, 0.3) is 0 Å². The van der Waals surface area contributed by atoms with Gasteiger partial charge in [-0.3, -0.25) is 0 Å². The van der Waals surface area contributed by atoms with E-state index in [0.717, 1.165) is 6.04 Å². The van der Waals surface area contributed by atoms with Crippen molar-refractivity contribution in [1.82, 2.24) is 0 Å². The van der Waals surface area contributed by atoms with Gasteiger partial charge in [-0.15, -0.1) is 18.9 Å². The molecule has 0 rings (SSSR count). The maximum absolute atomic E-state index is 6.25. The molecule has 0 aromatic rings. The summed E-state index contributed by atoms with van der Waals surface area (Å²) in [6.07, 6.45) is 8.25. The van der Waals surface area contributed by atoms with Crippen molar-refractivity contribution in [2.75, 3.05) is 0 Å². The molecule has 2 heteroatoms. The minimum absolute atomic E-state index is 0.193. The molecule has 1 nitrogen and oxygen atoms in total. The maximum atomic E-state index is 6.25. The first kappa shape index (κ1) is 15.5. The van der Waals surface area contributed by atoms with E-state index in [1.807, 2.05) is 6.08 Å². The topological polar surface area (TPSA) is 9.23 Å². The lowest BCUT2D eigenvalue weighted by atomic mass is 10.1. The second-order valence-electron chi connectivity index (χ2n) is 5.47. The van der Waals surface area contributed by atoms with Crippen molar-refractivity contribution in [2.45, 2.75) is 58.2 Å². The van der Waals surface area contributed by atoms with E-state index in [9.17, 15) is 0 Å². The van der Waals surface area contributed by atoms with Gasteiger partial charge < -0.3 is 4.43 Å². The summed E-state index contributed by atoms with van der Waals surface area (Å²) in [4.78, 5) is 0. The molecular formula is C14H25OSi. The number of hydrogen-bond donors (Lipinski definition) is 0. The Hall–Kier alpha value is -0.523. The summed E-state index contributed by atoms with van der Waals surface area (Å²) >= 11 is 0. The van der Waals surface area contributed by atoms with Gasteiger partial charge in [-0.05, 0) is 17.0 Å². The number of rotatable bonds is 6. The highest BCUT2D eigenvalue weighted by molar-refractivity contribution is 6.55. The summed E-state index contributed by atoms with van der Waals surface area (Å²) in [5, 5.41) is 0.223. The van der Waals surface area contributed by atoms with Gasteiger partial charge >= 0.3 is 0 Å². The molecule has 0 heterocycles. The zero-order valence-electron chi connectivity index (χ0n) is 11.3. The zero-order valence-corrected chi connectivity index (χ0v) is 12.3. The van der Waals surface area contributed by atoms with Gasteiger partial charge in [0.1, 0.15) is 0 Å². The molecule has 0 aromatic heterocycles. The Morgan fingerprint density at radius 3 is 2.31 bits per heavy atom. The first-order valence-corrected chi connectivity index (χ1v) is 7.51. The second-order valence-corrected chi connectivity index (χ2v) is 8.46. The lowest BCUT2D eigenvalue weighted by Gasteiger charge is -2.32. The van der Waals surface area contributed by atoms with Gasteiger partial charge in [0.05, 0.1) is 6.10 Å². The largest absolute Gasteiger partial charge is 0.412 e. The van der Waals surface area contributed by atoms with E-state index >= 15 is 0 Å². The lowest BCUT2D eigenvalue weighted by Crippen LogP contribution is -2.35. The third-order valence-electron chi connectivity index (χ3n) is 2.52. The molecule has 0 aliphatic carbocycles. The summed E-state index contributed by atoms with van der Waals surface area (Å²) in [5.41, 5.74) is 0. The standard InChI is InChI=1S/C14H25OSi/c1-8-10-13(12(3)4)15-16(11-9-2)14(5,6)7/h1,9,12-13H,2,10-11H2,3-7H3/t13-/m1/s1. The van der Waals surface area contributed by atoms with Crippen LogP contribution in [0.4, 0.5) is 0 Å². The fourth-order valence-corrected chi connectivity index (χ4v) is 3.42. The summed E-state index contributed by atoms with van der Waals surface area (Å²) in [6, 6.07) is 0.974. The smallest absolute Gasteiger partial charge is 0.221 e. The monoisotopic (exact) mass is 237 g/mol. The van der Waals surface area contributed by atoms with E-state index in [4.69, 9.17) is 10.8 Å². The fraction of sp³-hybridized carbons (Fsp3) is 0.714. The summed E-state index contributed by atoms with van der Waals surface area (Å²) in [6.45, 7) is 14.8. The number of hydrogen-bond acceptors (Lipinski definition) is 1. The molecule has 0 fully saturated rings. The zero-order chi connectivity index (χ0) is 12.8. The lowest BCUT2D eigenvalue weighted by molar-refractivity contribution is 0.147. The Kier molecular flexibility index (Phi) is 6.70. The van der Waals surface area contributed by atoms with Crippen molar-refractivity contribution in [3.05, 3.63) is 12.7 Å². The average Bonchev–Trinajstić information content (AvgIpc) is 2.14. The second kappa shape index (κ2) is 6.93. The summed E-state index contributed by atoms with van der Waals surface area (Å²) in [7, 11) is -0.890. The molecule has 1 radical (unpaired) electrons. The molecule has 0 aliphatic heterocycles. The van der Waals surface area contributed by atoms with E-state index in [-0.39, 0.29) is 11.1 Å². The molecule has 0 aromatic carbocycles. The van der Waals surface area contributed by atoms with E-state index < -0.39 is 9.04 Å². The Morgan fingerprint density at radius 1 is 1.44 bits per heavy atom. The van der Waals surface area contributed by atoms with E-state index in [1.54, 1.807) is 0 Å². The van der Waals surface area contributed by atoms with Crippen LogP contribution in [0.5, 0.6) is 0 Å². The van der Waals surface area contributed by atoms with Gasteiger partial charge in [0, 0.05) is 6.42 Å². The Bertz CT molecular complexity index is 244. The summed E-state index contributed by atoms with van der Waals surface area (Å²) in [5.74, 6) is 3.19. The molecule has 16 heavy (non-hydrogen) atoms. The highest BCUT2D eigenvalue weighted by Gasteiger charge is 2.31. The predicted octanol–water partition coefficient (Wildman–Crippen LogP) is 4.03. The van der Waals surface area contributed by atoms with Gasteiger partial charge in [0.2, 0.25) is 9.04 Å². The summed E-state index contributed by atoms with van der Waals surface area (Å²) < 4.78 is 6.25. The van der Waals surface area contributed by atoms with Crippen LogP contribution in [-0.2, 0) is 4.43 Å². The van der Waals surface area contributed by atoms with E-state index in [0.29, 0.717) is 12.3 Å². The molecule has 0 saturated carbocycles. The molecule has 0 unspecified atom stereocenters. The predicted molar refractivity (Wildman–Crippen MR) is 73.6 cm³/mol. The molecule has 0 N–H and O–H groups in total. The SMILES string of the molecule is C#CC[C@@H](O[Si](CC=C)C(C)(C)C)C(C)C. The van der Waals surface area contributed by atoms with Crippen molar-refractivity contribution in [3.8, 4) is 12.3 Å². The third-order valence-corrected chi connectivity index (χ3v) is 5.44. The maximum Gasteiger partial charge on any atom is 0.221 e. The Labute approximate surface area is 103 Å². The Morgan fingerprint density at radius 2 is 2.00 bits per heavy atom. The fourth-order valence-electron chi connectivity index (χ4n) is 1.37. The van der Waals surface area contributed by atoms with Crippen molar-refractivity contribution >= 4 is 9.04 Å². The van der Waals surface area contributed by atoms with E-state index in [2.05, 4.69) is 47.1 Å². The molecule has 91 valence electrons. The Balaban J connectivity index is 4.58.